The highest BCUT2D eigenvalue weighted by Gasteiger charge is 2.52. The van der Waals surface area contributed by atoms with Crippen molar-refractivity contribution in [3.8, 4) is 6.07 Å². The second-order valence-corrected chi connectivity index (χ2v) is 9.40. The molecule has 9 heteroatoms. The zero-order valence-electron chi connectivity index (χ0n) is 17.2. The number of likely N-dealkylation sites (tertiary alicyclic amines) is 1. The number of allylic oxidation sites excluding steroid dienone is 1. The molecule has 2 heterocycles. The molecule has 1 aromatic carbocycles. The topological polar surface area (TPSA) is 91.7 Å². The fourth-order valence-electron chi connectivity index (χ4n) is 3.46. The van der Waals surface area contributed by atoms with Crippen LogP contribution in [0, 0.1) is 11.3 Å². The molecule has 1 N–H and O–H groups in total. The van der Waals surface area contributed by atoms with Crippen LogP contribution in [-0.4, -0.2) is 54.8 Å². The van der Waals surface area contributed by atoms with Crippen LogP contribution in [0.5, 0.6) is 0 Å². The molecule has 164 valence electrons. The Morgan fingerprint density at radius 3 is 2.71 bits per heavy atom. The quantitative estimate of drug-likeness (QED) is 0.572. The van der Waals surface area contributed by atoms with Crippen molar-refractivity contribution >= 4 is 39.5 Å². The van der Waals surface area contributed by atoms with Crippen molar-refractivity contribution in [1.82, 2.24) is 10.2 Å². The van der Waals surface area contributed by atoms with Gasteiger partial charge in [-0.1, -0.05) is 34.6 Å². The van der Waals surface area contributed by atoms with Crippen LogP contribution >= 0.6 is 27.7 Å². The maximum atomic E-state index is 13.1. The molecule has 2 amide bonds. The Morgan fingerprint density at radius 1 is 1.39 bits per heavy atom. The van der Waals surface area contributed by atoms with Gasteiger partial charge in [0.15, 0.2) is 5.79 Å². The Morgan fingerprint density at radius 2 is 2.06 bits per heavy atom. The number of amides is 2. The number of thioether (sulfide) groups is 1. The van der Waals surface area contributed by atoms with E-state index in [4.69, 9.17) is 14.7 Å². The molecule has 31 heavy (non-hydrogen) atoms. The van der Waals surface area contributed by atoms with Crippen molar-refractivity contribution in [3.05, 3.63) is 56.8 Å². The number of hydrogen-bond acceptors (Lipinski definition) is 6. The Labute approximate surface area is 194 Å². The van der Waals surface area contributed by atoms with Gasteiger partial charge in [0.25, 0.3) is 0 Å². The largest absolute Gasteiger partial charge is 0.350 e. The van der Waals surface area contributed by atoms with Crippen LogP contribution in [0.4, 0.5) is 0 Å². The summed E-state index contributed by atoms with van der Waals surface area (Å²) in [4.78, 5) is 28.3. The number of hydrogen-bond donors (Lipinski definition) is 1. The van der Waals surface area contributed by atoms with E-state index < -0.39 is 11.8 Å². The third-order valence-corrected chi connectivity index (χ3v) is 6.51. The van der Waals surface area contributed by atoms with Gasteiger partial charge in [-0.2, -0.15) is 5.26 Å². The maximum Gasteiger partial charge on any atom is 0.243 e. The first-order valence-corrected chi connectivity index (χ1v) is 11.5. The number of nitrogens with zero attached hydrogens (tertiary/aromatic N) is 2. The van der Waals surface area contributed by atoms with Gasteiger partial charge >= 0.3 is 0 Å². The molecular formula is C22H24BrN3O4S. The molecule has 2 fully saturated rings. The highest BCUT2D eigenvalue weighted by Crippen LogP contribution is 2.35. The Bertz CT molecular complexity index is 920. The number of nitrogens with one attached hydrogen (secondary N) is 1. The first kappa shape index (κ1) is 23.5. The minimum Gasteiger partial charge on any atom is -0.350 e. The lowest BCUT2D eigenvalue weighted by Gasteiger charge is -2.24. The molecule has 0 aromatic heterocycles. The predicted molar refractivity (Wildman–Crippen MR) is 122 cm³/mol. The molecule has 1 spiro atoms. The van der Waals surface area contributed by atoms with E-state index in [1.165, 1.54) is 11.8 Å². The number of carbonyl (C=O) groups is 2. The van der Waals surface area contributed by atoms with Crippen LogP contribution in [0.25, 0.3) is 0 Å². The van der Waals surface area contributed by atoms with Crippen LogP contribution in [0.1, 0.15) is 18.9 Å². The summed E-state index contributed by atoms with van der Waals surface area (Å²) in [5.74, 6) is -1.35. The Kier molecular flexibility index (Phi) is 7.94. The summed E-state index contributed by atoms with van der Waals surface area (Å²) in [6.07, 6.45) is 0.478. The fraction of sp³-hybridized carbons (Fsp3) is 0.409. The second kappa shape index (κ2) is 10.5. The zero-order valence-corrected chi connectivity index (χ0v) is 19.6. The Balaban J connectivity index is 1.65. The van der Waals surface area contributed by atoms with Gasteiger partial charge < -0.3 is 19.7 Å². The molecule has 7 nitrogen and oxygen atoms in total. The molecule has 2 aliphatic rings. The first-order chi connectivity index (χ1) is 14.8. The molecule has 1 aromatic rings. The molecule has 0 saturated carbocycles. The third-order valence-electron chi connectivity index (χ3n) is 5.04. The molecule has 2 saturated heterocycles. The van der Waals surface area contributed by atoms with E-state index in [1.54, 1.807) is 17.2 Å². The van der Waals surface area contributed by atoms with E-state index in [0.29, 0.717) is 23.7 Å². The van der Waals surface area contributed by atoms with Crippen molar-refractivity contribution in [3.63, 3.8) is 0 Å². The van der Waals surface area contributed by atoms with Crippen molar-refractivity contribution in [2.75, 3.05) is 26.3 Å². The van der Waals surface area contributed by atoms with Gasteiger partial charge in [0.05, 0.1) is 32.2 Å². The molecule has 0 radical (unpaired) electrons. The van der Waals surface area contributed by atoms with E-state index in [9.17, 15) is 9.59 Å². The lowest BCUT2D eigenvalue weighted by Crippen LogP contribution is -2.46. The van der Waals surface area contributed by atoms with Crippen molar-refractivity contribution in [2.45, 2.75) is 31.6 Å². The fourth-order valence-corrected chi connectivity index (χ4v) is 4.28. The zero-order chi connectivity index (χ0) is 22.4. The average molecular weight is 506 g/mol. The van der Waals surface area contributed by atoms with Gasteiger partial charge in [0.2, 0.25) is 11.8 Å². The summed E-state index contributed by atoms with van der Waals surface area (Å²) >= 11 is 4.68. The summed E-state index contributed by atoms with van der Waals surface area (Å²) in [7, 11) is 0. The highest BCUT2D eigenvalue weighted by atomic mass is 79.9. The minimum atomic E-state index is -0.921. The van der Waals surface area contributed by atoms with Crippen LogP contribution in [0.2, 0.25) is 0 Å². The molecular weight excluding hydrogens is 482 g/mol. The number of carbonyl (C=O) groups excluding carboxylic acids is 2. The summed E-state index contributed by atoms with van der Waals surface area (Å²) in [5.41, 5.74) is 1.43. The number of ether oxygens (including phenoxy) is 2. The Hall–Kier alpha value is -2.12. The summed E-state index contributed by atoms with van der Waals surface area (Å²) < 4.78 is 12.5. The first-order valence-electron chi connectivity index (χ1n) is 9.83. The average Bonchev–Trinajstić information content (AvgIpc) is 3.39. The monoisotopic (exact) mass is 505 g/mol. The van der Waals surface area contributed by atoms with Gasteiger partial charge in [0, 0.05) is 27.9 Å². The van der Waals surface area contributed by atoms with Gasteiger partial charge in [-0.05, 0) is 30.0 Å². The van der Waals surface area contributed by atoms with E-state index in [1.807, 2.05) is 30.3 Å². The summed E-state index contributed by atoms with van der Waals surface area (Å²) in [6, 6.07) is 8.87. The lowest BCUT2D eigenvalue weighted by molar-refractivity contribution is -0.152. The predicted octanol–water partition coefficient (Wildman–Crippen LogP) is 3.13. The normalized spacial score (nSPS) is 20.0. The number of rotatable bonds is 7. The minimum absolute atomic E-state index is 0.153. The molecule has 1 unspecified atom stereocenters. The van der Waals surface area contributed by atoms with Gasteiger partial charge in [-0.3, -0.25) is 9.59 Å². The molecule has 3 rings (SSSR count). The SMILES string of the molecule is C=C(CNC(=O)C1CC2(CN1C(=O)Cc1ccc(Br)cc1)OCCO2)S/C=C(\C)C#N. The van der Waals surface area contributed by atoms with Gasteiger partial charge in [-0.15, -0.1) is 11.8 Å². The van der Waals surface area contributed by atoms with E-state index in [-0.39, 0.29) is 37.7 Å². The van der Waals surface area contributed by atoms with Crippen LogP contribution in [0.15, 0.2) is 51.2 Å². The summed E-state index contributed by atoms with van der Waals surface area (Å²) in [5, 5.41) is 13.3. The van der Waals surface area contributed by atoms with Crippen molar-refractivity contribution in [1.29, 1.82) is 5.26 Å². The highest BCUT2D eigenvalue weighted by molar-refractivity contribution is 9.10. The van der Waals surface area contributed by atoms with Crippen molar-refractivity contribution < 1.29 is 19.1 Å². The maximum absolute atomic E-state index is 13.1. The van der Waals surface area contributed by atoms with E-state index in [0.717, 1.165) is 10.0 Å². The molecule has 0 bridgehead atoms. The van der Waals surface area contributed by atoms with Crippen LogP contribution in [-0.2, 0) is 25.5 Å². The van der Waals surface area contributed by atoms with Crippen molar-refractivity contribution in [2.24, 2.45) is 0 Å². The number of halogens is 1. The standard InChI is InChI=1S/C22H24BrN3O4S/c1-15(11-24)13-31-16(2)12-25-21(28)19-10-22(29-7-8-30-22)14-26(19)20(27)9-17-3-5-18(23)6-4-17/h3-6,13,19H,2,7-10,12,14H2,1H3,(H,25,28)/b15-13+. The van der Waals surface area contributed by atoms with Crippen LogP contribution in [0.3, 0.4) is 0 Å². The third kappa shape index (κ3) is 6.20. The number of benzene rings is 1. The van der Waals surface area contributed by atoms with Crippen LogP contribution < -0.4 is 5.32 Å². The smallest absolute Gasteiger partial charge is 0.243 e. The van der Waals surface area contributed by atoms with Gasteiger partial charge in [0.1, 0.15) is 6.04 Å². The molecule has 2 aliphatic heterocycles. The molecule has 0 aliphatic carbocycles. The van der Waals surface area contributed by atoms with Gasteiger partial charge in [-0.25, -0.2) is 0 Å². The second-order valence-electron chi connectivity index (χ2n) is 7.44. The molecule has 1 atom stereocenters. The lowest BCUT2D eigenvalue weighted by atomic mass is 10.1. The number of nitriles is 1. The summed E-state index contributed by atoms with van der Waals surface area (Å²) in [6.45, 7) is 6.96. The van der Waals surface area contributed by atoms with E-state index >= 15 is 0 Å². The van der Waals surface area contributed by atoms with E-state index in [2.05, 4.69) is 27.8 Å².